The maximum absolute atomic E-state index is 14.1. The Hall–Kier alpha value is -3.07. The van der Waals surface area contributed by atoms with Crippen LogP contribution in [0.4, 0.5) is 5.69 Å². The molecule has 0 unspecified atom stereocenters. The first-order valence-electron chi connectivity index (χ1n) is 14.2. The molecule has 10 heteroatoms. The molecule has 2 amide bonds. The minimum atomic E-state index is -4.13. The van der Waals surface area contributed by atoms with Crippen molar-refractivity contribution in [2.45, 2.75) is 76.4 Å². The monoisotopic (exact) mass is 629 g/mol. The number of anilines is 1. The van der Waals surface area contributed by atoms with Crippen LogP contribution in [0.1, 0.15) is 55.7 Å². The van der Waals surface area contributed by atoms with Gasteiger partial charge in [0, 0.05) is 22.6 Å². The Balaban J connectivity index is 1.70. The van der Waals surface area contributed by atoms with E-state index >= 15 is 0 Å². The third-order valence-electron chi connectivity index (χ3n) is 7.86. The number of hydrogen-bond acceptors (Lipinski definition) is 4. The summed E-state index contributed by atoms with van der Waals surface area (Å²) in [6.07, 6.45) is 5.03. The van der Waals surface area contributed by atoms with Crippen LogP contribution in [0.2, 0.25) is 10.0 Å². The van der Waals surface area contributed by atoms with Gasteiger partial charge in [-0.15, -0.1) is 0 Å². The molecular weight excluding hydrogens is 593 g/mol. The molecule has 3 aromatic rings. The van der Waals surface area contributed by atoms with Gasteiger partial charge >= 0.3 is 0 Å². The van der Waals surface area contributed by atoms with Crippen molar-refractivity contribution in [3.63, 3.8) is 0 Å². The van der Waals surface area contributed by atoms with Gasteiger partial charge in [-0.05, 0) is 86.7 Å². The first kappa shape index (κ1) is 31.9. The summed E-state index contributed by atoms with van der Waals surface area (Å²) >= 11 is 12.6. The second-order valence-corrected chi connectivity index (χ2v) is 13.6. The minimum Gasteiger partial charge on any atom is -0.352 e. The zero-order valence-electron chi connectivity index (χ0n) is 24.1. The Bertz CT molecular complexity index is 1530. The summed E-state index contributed by atoms with van der Waals surface area (Å²) in [6.45, 7) is 4.98. The number of carbonyl (C=O) groups is 2. The minimum absolute atomic E-state index is 0.000237. The van der Waals surface area contributed by atoms with Crippen LogP contribution in [0.5, 0.6) is 0 Å². The van der Waals surface area contributed by atoms with Crippen LogP contribution in [0, 0.1) is 13.8 Å². The molecule has 0 radical (unpaired) electrons. The number of sulfonamides is 1. The molecule has 0 bridgehead atoms. The first-order chi connectivity index (χ1) is 20.0. The van der Waals surface area contributed by atoms with E-state index in [0.29, 0.717) is 21.3 Å². The van der Waals surface area contributed by atoms with Gasteiger partial charge in [0.05, 0.1) is 10.6 Å². The van der Waals surface area contributed by atoms with E-state index in [2.05, 4.69) is 5.32 Å². The maximum atomic E-state index is 14.1. The van der Waals surface area contributed by atoms with Gasteiger partial charge < -0.3 is 10.2 Å². The van der Waals surface area contributed by atoms with Crippen molar-refractivity contribution in [1.29, 1.82) is 0 Å². The molecular formula is C32H37Cl2N3O4S. The molecule has 1 N–H and O–H groups in total. The van der Waals surface area contributed by atoms with Gasteiger partial charge in [-0.1, -0.05) is 72.8 Å². The van der Waals surface area contributed by atoms with Gasteiger partial charge in [0.25, 0.3) is 10.0 Å². The van der Waals surface area contributed by atoms with Crippen LogP contribution in [0.3, 0.4) is 0 Å². The fourth-order valence-corrected chi connectivity index (χ4v) is 7.01. The highest BCUT2D eigenvalue weighted by Gasteiger charge is 2.33. The van der Waals surface area contributed by atoms with Crippen LogP contribution < -0.4 is 9.62 Å². The first-order valence-corrected chi connectivity index (χ1v) is 16.4. The third kappa shape index (κ3) is 7.65. The summed E-state index contributed by atoms with van der Waals surface area (Å²) in [5.74, 6) is -0.825. The van der Waals surface area contributed by atoms with Gasteiger partial charge in [-0.2, -0.15) is 0 Å². The molecule has 0 spiro atoms. The highest BCUT2D eigenvalue weighted by atomic mass is 35.5. The lowest BCUT2D eigenvalue weighted by molar-refractivity contribution is -0.139. The normalized spacial score (nSPS) is 14.7. The molecule has 1 aliphatic rings. The molecule has 1 saturated carbocycles. The summed E-state index contributed by atoms with van der Waals surface area (Å²) in [5, 5.41) is 3.89. The van der Waals surface area contributed by atoms with E-state index < -0.39 is 28.5 Å². The molecule has 1 fully saturated rings. The Labute approximate surface area is 258 Å². The predicted molar refractivity (Wildman–Crippen MR) is 168 cm³/mol. The predicted octanol–water partition coefficient (Wildman–Crippen LogP) is 6.67. The molecule has 42 heavy (non-hydrogen) atoms. The van der Waals surface area contributed by atoms with Crippen LogP contribution >= 0.6 is 23.2 Å². The highest BCUT2D eigenvalue weighted by Crippen LogP contribution is 2.28. The van der Waals surface area contributed by atoms with Crippen LogP contribution in [-0.4, -0.2) is 43.8 Å². The standard InChI is InChI=1S/C32H37Cl2N3O4S/c1-22-14-17-28(18-23(22)2)37(42(40,41)29-12-8-5-9-13-29)21-31(38)36(20-25-15-16-26(33)19-30(25)34)24(3)32(39)35-27-10-6-4-7-11-27/h5,8-9,12-19,24,27H,4,6-7,10-11,20-21H2,1-3H3,(H,35,39)/t24-/m0/s1. The van der Waals surface area contributed by atoms with Crippen molar-refractivity contribution >= 4 is 50.7 Å². The Morgan fingerprint density at radius 1 is 0.929 bits per heavy atom. The molecule has 1 atom stereocenters. The van der Waals surface area contributed by atoms with Gasteiger partial charge in [-0.25, -0.2) is 8.42 Å². The molecule has 0 heterocycles. The van der Waals surface area contributed by atoms with E-state index in [1.165, 1.54) is 17.0 Å². The lowest BCUT2D eigenvalue weighted by atomic mass is 9.95. The number of halogens is 2. The summed E-state index contributed by atoms with van der Waals surface area (Å²) < 4.78 is 29.0. The van der Waals surface area contributed by atoms with Gasteiger partial charge in [0.15, 0.2) is 0 Å². The van der Waals surface area contributed by atoms with Crippen molar-refractivity contribution in [3.8, 4) is 0 Å². The SMILES string of the molecule is Cc1ccc(N(CC(=O)N(Cc2ccc(Cl)cc2Cl)[C@@H](C)C(=O)NC2CCCCC2)S(=O)(=O)c2ccccc2)cc1C. The van der Waals surface area contributed by atoms with Gasteiger partial charge in [0.1, 0.15) is 12.6 Å². The van der Waals surface area contributed by atoms with Crippen molar-refractivity contribution in [2.75, 3.05) is 10.8 Å². The van der Waals surface area contributed by atoms with Crippen LogP contribution in [0.25, 0.3) is 0 Å². The second kappa shape index (κ2) is 13.9. The lowest BCUT2D eigenvalue weighted by Gasteiger charge is -2.33. The maximum Gasteiger partial charge on any atom is 0.264 e. The van der Waals surface area contributed by atoms with Crippen molar-refractivity contribution in [1.82, 2.24) is 10.2 Å². The number of carbonyl (C=O) groups excluding carboxylic acids is 2. The number of nitrogens with zero attached hydrogens (tertiary/aromatic N) is 2. The largest absolute Gasteiger partial charge is 0.352 e. The third-order valence-corrected chi connectivity index (χ3v) is 10.2. The number of hydrogen-bond donors (Lipinski definition) is 1. The quantitative estimate of drug-likeness (QED) is 0.271. The Morgan fingerprint density at radius 2 is 1.62 bits per heavy atom. The fraction of sp³-hybridized carbons (Fsp3) is 0.375. The smallest absolute Gasteiger partial charge is 0.264 e. The van der Waals surface area contributed by atoms with Crippen molar-refractivity contribution < 1.29 is 18.0 Å². The van der Waals surface area contributed by atoms with Gasteiger partial charge in [0.2, 0.25) is 11.8 Å². The molecule has 0 saturated heterocycles. The second-order valence-electron chi connectivity index (χ2n) is 10.9. The molecule has 224 valence electrons. The van der Waals surface area contributed by atoms with E-state index in [9.17, 15) is 18.0 Å². The average Bonchev–Trinajstić information content (AvgIpc) is 2.97. The number of amides is 2. The van der Waals surface area contributed by atoms with E-state index in [1.54, 1.807) is 55.5 Å². The summed E-state index contributed by atoms with van der Waals surface area (Å²) in [4.78, 5) is 29.1. The molecule has 1 aliphatic carbocycles. The number of rotatable bonds is 10. The Morgan fingerprint density at radius 3 is 2.26 bits per heavy atom. The van der Waals surface area contributed by atoms with E-state index in [1.807, 2.05) is 19.9 Å². The zero-order valence-corrected chi connectivity index (χ0v) is 26.5. The van der Waals surface area contributed by atoms with E-state index in [-0.39, 0.29) is 23.4 Å². The summed E-state index contributed by atoms with van der Waals surface area (Å²) in [5.41, 5.74) is 2.84. The highest BCUT2D eigenvalue weighted by molar-refractivity contribution is 7.92. The average molecular weight is 631 g/mol. The summed E-state index contributed by atoms with van der Waals surface area (Å²) in [6, 6.07) is 17.4. The van der Waals surface area contributed by atoms with Crippen molar-refractivity contribution in [3.05, 3.63) is 93.5 Å². The number of nitrogens with one attached hydrogen (secondary N) is 1. The van der Waals surface area contributed by atoms with E-state index in [0.717, 1.165) is 47.5 Å². The van der Waals surface area contributed by atoms with Crippen LogP contribution in [-0.2, 0) is 26.2 Å². The van der Waals surface area contributed by atoms with E-state index in [4.69, 9.17) is 23.2 Å². The molecule has 3 aromatic carbocycles. The Kier molecular flexibility index (Phi) is 10.6. The topological polar surface area (TPSA) is 86.8 Å². The van der Waals surface area contributed by atoms with Crippen molar-refractivity contribution in [2.24, 2.45) is 0 Å². The van der Waals surface area contributed by atoms with Gasteiger partial charge in [-0.3, -0.25) is 13.9 Å². The molecule has 7 nitrogen and oxygen atoms in total. The summed E-state index contributed by atoms with van der Waals surface area (Å²) in [7, 11) is -4.13. The van der Waals surface area contributed by atoms with Crippen LogP contribution in [0.15, 0.2) is 71.6 Å². The molecule has 0 aromatic heterocycles. The fourth-order valence-electron chi connectivity index (χ4n) is 5.11. The molecule has 0 aliphatic heterocycles. The number of benzene rings is 3. The molecule has 4 rings (SSSR count). The lowest BCUT2D eigenvalue weighted by Crippen LogP contribution is -2.53. The zero-order chi connectivity index (χ0) is 30.4. The number of aryl methyl sites for hydroxylation is 2.